The Kier molecular flexibility index (Phi) is 5.16. The van der Waals surface area contributed by atoms with E-state index in [-0.39, 0.29) is 5.84 Å². The number of benzene rings is 2. The predicted octanol–water partition coefficient (Wildman–Crippen LogP) is 1.53. The highest BCUT2D eigenvalue weighted by Crippen LogP contribution is 2.26. The second-order valence-electron chi connectivity index (χ2n) is 5.69. The van der Waals surface area contributed by atoms with E-state index in [0.717, 1.165) is 5.01 Å². The molecule has 3 N–H and O–H groups in total. The number of nitrogens with one attached hydrogen (secondary N) is 1. The van der Waals surface area contributed by atoms with Crippen molar-refractivity contribution in [2.45, 2.75) is 6.92 Å². The van der Waals surface area contributed by atoms with Crippen LogP contribution in [0.4, 0.5) is 11.4 Å². The molecule has 0 fully saturated rings. The van der Waals surface area contributed by atoms with Crippen LogP contribution in [0.1, 0.15) is 6.92 Å². The van der Waals surface area contributed by atoms with Crippen LogP contribution in [-0.4, -0.2) is 30.0 Å². The van der Waals surface area contributed by atoms with Crippen LogP contribution in [0.15, 0.2) is 59.7 Å². The highest BCUT2D eigenvalue weighted by molar-refractivity contribution is 6.50. The SMILES string of the molecule is CCOc1ccccc1NC(=O)C(=O)[C@@H]1C(=O)N(c2ccccc2)N=C1N. The lowest BCUT2D eigenvalue weighted by Gasteiger charge is -2.14. The lowest BCUT2D eigenvalue weighted by atomic mass is 10.0. The van der Waals surface area contributed by atoms with Gasteiger partial charge in [0.05, 0.1) is 18.0 Å². The molecule has 0 saturated heterocycles. The fourth-order valence-corrected chi connectivity index (χ4v) is 2.64. The molecule has 2 amide bonds. The van der Waals surface area contributed by atoms with Gasteiger partial charge in [-0.3, -0.25) is 14.4 Å². The first-order chi connectivity index (χ1) is 13.0. The molecule has 0 spiro atoms. The molecule has 138 valence electrons. The maximum atomic E-state index is 12.6. The Balaban J connectivity index is 1.77. The molecule has 27 heavy (non-hydrogen) atoms. The molecule has 8 heteroatoms. The average molecular weight is 366 g/mol. The number of amidine groups is 1. The predicted molar refractivity (Wildman–Crippen MR) is 100 cm³/mol. The van der Waals surface area contributed by atoms with Crippen molar-refractivity contribution >= 4 is 34.8 Å². The van der Waals surface area contributed by atoms with Gasteiger partial charge in [0.2, 0.25) is 5.78 Å². The van der Waals surface area contributed by atoms with E-state index in [2.05, 4.69) is 10.4 Å². The van der Waals surface area contributed by atoms with Crippen molar-refractivity contribution in [2.75, 3.05) is 16.9 Å². The largest absolute Gasteiger partial charge is 0.492 e. The molecule has 0 radical (unpaired) electrons. The second-order valence-corrected chi connectivity index (χ2v) is 5.69. The van der Waals surface area contributed by atoms with Gasteiger partial charge in [-0.1, -0.05) is 30.3 Å². The number of carbonyl (C=O) groups is 3. The van der Waals surface area contributed by atoms with E-state index in [1.807, 2.05) is 0 Å². The van der Waals surface area contributed by atoms with Crippen LogP contribution in [0.25, 0.3) is 0 Å². The Hall–Kier alpha value is -3.68. The van der Waals surface area contributed by atoms with Crippen molar-refractivity contribution < 1.29 is 19.1 Å². The van der Waals surface area contributed by atoms with Crippen LogP contribution in [-0.2, 0) is 14.4 Å². The summed E-state index contributed by atoms with van der Waals surface area (Å²) >= 11 is 0. The first-order valence-corrected chi connectivity index (χ1v) is 8.33. The Morgan fingerprint density at radius 3 is 2.52 bits per heavy atom. The lowest BCUT2D eigenvalue weighted by Crippen LogP contribution is -2.41. The Labute approximate surface area is 155 Å². The van der Waals surface area contributed by atoms with Crippen molar-refractivity contribution in [2.24, 2.45) is 16.8 Å². The molecule has 2 aromatic carbocycles. The van der Waals surface area contributed by atoms with E-state index in [9.17, 15) is 14.4 Å². The molecule has 2 aromatic rings. The highest BCUT2D eigenvalue weighted by atomic mass is 16.5. The number of para-hydroxylation sites is 3. The van der Waals surface area contributed by atoms with E-state index >= 15 is 0 Å². The topological polar surface area (TPSA) is 114 Å². The smallest absolute Gasteiger partial charge is 0.293 e. The summed E-state index contributed by atoms with van der Waals surface area (Å²) in [4.78, 5) is 37.5. The number of amides is 2. The highest BCUT2D eigenvalue weighted by Gasteiger charge is 2.43. The van der Waals surface area contributed by atoms with Crippen molar-refractivity contribution in [3.8, 4) is 5.75 Å². The zero-order valence-electron chi connectivity index (χ0n) is 14.6. The fraction of sp³-hybridized carbons (Fsp3) is 0.158. The molecule has 8 nitrogen and oxygen atoms in total. The molecule has 1 heterocycles. The molecule has 1 aliphatic heterocycles. The quantitative estimate of drug-likeness (QED) is 0.594. The third-order valence-electron chi connectivity index (χ3n) is 3.89. The van der Waals surface area contributed by atoms with E-state index in [0.29, 0.717) is 23.7 Å². The number of Topliss-reactive ketones (excluding diaryl/α,β-unsaturated/α-hetero) is 1. The number of hydrogen-bond donors (Lipinski definition) is 2. The van der Waals surface area contributed by atoms with Gasteiger partial charge in [-0.2, -0.15) is 10.1 Å². The molecule has 1 atom stereocenters. The van der Waals surface area contributed by atoms with Crippen LogP contribution in [0.5, 0.6) is 5.75 Å². The van der Waals surface area contributed by atoms with Gasteiger partial charge in [0, 0.05) is 0 Å². The van der Waals surface area contributed by atoms with Gasteiger partial charge in [-0.05, 0) is 31.2 Å². The van der Waals surface area contributed by atoms with Crippen LogP contribution in [0.3, 0.4) is 0 Å². The molecule has 0 unspecified atom stereocenters. The Bertz CT molecular complexity index is 911. The van der Waals surface area contributed by atoms with E-state index in [4.69, 9.17) is 10.5 Å². The maximum absolute atomic E-state index is 12.6. The van der Waals surface area contributed by atoms with E-state index in [1.165, 1.54) is 0 Å². The van der Waals surface area contributed by atoms with Crippen molar-refractivity contribution in [1.82, 2.24) is 0 Å². The minimum atomic E-state index is -1.45. The average Bonchev–Trinajstić information content (AvgIpc) is 2.98. The van der Waals surface area contributed by atoms with Crippen molar-refractivity contribution in [3.05, 3.63) is 54.6 Å². The summed E-state index contributed by atoms with van der Waals surface area (Å²) in [5.74, 6) is -3.87. The first kappa shape index (κ1) is 18.1. The van der Waals surface area contributed by atoms with E-state index in [1.54, 1.807) is 61.5 Å². The second kappa shape index (κ2) is 7.69. The Morgan fingerprint density at radius 2 is 1.81 bits per heavy atom. The number of hydrogen-bond acceptors (Lipinski definition) is 6. The van der Waals surface area contributed by atoms with Gasteiger partial charge in [-0.25, -0.2) is 0 Å². The van der Waals surface area contributed by atoms with Gasteiger partial charge in [0.1, 0.15) is 11.6 Å². The molecule has 1 aliphatic rings. The number of ketones is 1. The lowest BCUT2D eigenvalue weighted by molar-refractivity contribution is -0.138. The summed E-state index contributed by atoms with van der Waals surface area (Å²) < 4.78 is 5.41. The minimum Gasteiger partial charge on any atom is -0.492 e. The van der Waals surface area contributed by atoms with Crippen LogP contribution < -0.4 is 20.8 Å². The van der Waals surface area contributed by atoms with Gasteiger partial charge < -0.3 is 15.8 Å². The third-order valence-corrected chi connectivity index (χ3v) is 3.89. The number of anilines is 2. The van der Waals surface area contributed by atoms with Gasteiger partial charge in [-0.15, -0.1) is 0 Å². The summed E-state index contributed by atoms with van der Waals surface area (Å²) in [6.45, 7) is 2.20. The van der Waals surface area contributed by atoms with Crippen LogP contribution in [0, 0.1) is 5.92 Å². The van der Waals surface area contributed by atoms with Crippen LogP contribution in [0.2, 0.25) is 0 Å². The number of ether oxygens (including phenoxy) is 1. The van der Waals surface area contributed by atoms with E-state index < -0.39 is 23.5 Å². The van der Waals surface area contributed by atoms with Gasteiger partial charge in [0.15, 0.2) is 5.92 Å². The summed E-state index contributed by atoms with van der Waals surface area (Å²) in [7, 11) is 0. The maximum Gasteiger partial charge on any atom is 0.293 e. The minimum absolute atomic E-state index is 0.220. The number of rotatable bonds is 6. The first-order valence-electron chi connectivity index (χ1n) is 8.33. The molecule has 0 bridgehead atoms. The third kappa shape index (κ3) is 3.64. The number of nitrogens with zero attached hydrogens (tertiary/aromatic N) is 2. The van der Waals surface area contributed by atoms with Gasteiger partial charge in [0.25, 0.3) is 11.8 Å². The summed E-state index contributed by atoms with van der Waals surface area (Å²) in [5, 5.41) is 7.43. The zero-order valence-corrected chi connectivity index (χ0v) is 14.6. The van der Waals surface area contributed by atoms with Gasteiger partial charge >= 0.3 is 0 Å². The molecule has 0 saturated carbocycles. The monoisotopic (exact) mass is 366 g/mol. The zero-order chi connectivity index (χ0) is 19.4. The summed E-state index contributed by atoms with van der Waals surface area (Å²) in [5.41, 5.74) is 6.56. The van der Waals surface area contributed by atoms with Crippen molar-refractivity contribution in [3.63, 3.8) is 0 Å². The normalized spacial score (nSPS) is 16.0. The summed E-state index contributed by atoms with van der Waals surface area (Å²) in [6, 6.07) is 15.2. The Morgan fingerprint density at radius 1 is 1.15 bits per heavy atom. The number of hydrazone groups is 1. The molecular weight excluding hydrogens is 348 g/mol. The van der Waals surface area contributed by atoms with Crippen molar-refractivity contribution in [1.29, 1.82) is 0 Å². The molecule has 0 aliphatic carbocycles. The standard InChI is InChI=1S/C19H18N4O4/c1-2-27-14-11-7-6-10-13(14)21-18(25)16(24)15-17(20)22-23(19(15)26)12-8-4-3-5-9-12/h3-11,15H,2H2,1H3,(H2,20,22)(H,21,25)/t15-/m0/s1. The number of carbonyl (C=O) groups excluding carboxylic acids is 3. The molecular formula is C19H18N4O4. The number of nitrogens with two attached hydrogens (primary N) is 1. The molecule has 3 rings (SSSR count). The molecule has 0 aromatic heterocycles. The van der Waals surface area contributed by atoms with Crippen LogP contribution >= 0.6 is 0 Å². The summed E-state index contributed by atoms with van der Waals surface area (Å²) in [6.07, 6.45) is 0. The fourth-order valence-electron chi connectivity index (χ4n) is 2.64.